The number of carbonyl (C=O) groups excluding carboxylic acids is 1. The molecular weight excluding hydrogens is 278 g/mol. The number of amides is 1. The predicted molar refractivity (Wildman–Crippen MR) is 84.9 cm³/mol. The van der Waals surface area contributed by atoms with Crippen LogP contribution in [0.4, 0.5) is 0 Å². The summed E-state index contributed by atoms with van der Waals surface area (Å²) in [6.07, 6.45) is 8.49. The van der Waals surface area contributed by atoms with Gasteiger partial charge in [-0.3, -0.25) is 4.79 Å². The summed E-state index contributed by atoms with van der Waals surface area (Å²) < 4.78 is 7.46. The average molecular weight is 305 g/mol. The van der Waals surface area contributed by atoms with Gasteiger partial charge in [0.15, 0.2) is 0 Å². The van der Waals surface area contributed by atoms with E-state index in [2.05, 4.69) is 16.5 Å². The molecule has 3 rings (SSSR count). The van der Waals surface area contributed by atoms with Crippen molar-refractivity contribution in [2.45, 2.75) is 57.4 Å². The maximum Gasteiger partial charge on any atom is 0.224 e. The van der Waals surface area contributed by atoms with Crippen LogP contribution < -0.4 is 0 Å². The Morgan fingerprint density at radius 1 is 1.32 bits per heavy atom. The van der Waals surface area contributed by atoms with Crippen LogP contribution in [-0.2, 0) is 9.53 Å². The molecule has 1 amide bonds. The summed E-state index contributed by atoms with van der Waals surface area (Å²) in [4.78, 5) is 18.7. The summed E-state index contributed by atoms with van der Waals surface area (Å²) >= 11 is 0. The average Bonchev–Trinajstić information content (AvgIpc) is 2.85. The first-order valence-electron chi connectivity index (χ1n) is 8.51. The number of piperidine rings is 1. The van der Waals surface area contributed by atoms with Crippen LogP contribution in [0.2, 0.25) is 0 Å². The second-order valence-corrected chi connectivity index (χ2v) is 6.61. The number of rotatable bonds is 5. The highest BCUT2D eigenvalue weighted by atomic mass is 16.5. The molecule has 1 saturated carbocycles. The molecule has 2 heterocycles. The van der Waals surface area contributed by atoms with Crippen molar-refractivity contribution in [3.8, 4) is 0 Å². The van der Waals surface area contributed by atoms with Gasteiger partial charge in [-0.2, -0.15) is 0 Å². The number of nitrogens with zero attached hydrogens (tertiary/aromatic N) is 3. The molecule has 0 N–H and O–H groups in total. The maximum absolute atomic E-state index is 12.1. The number of hydrogen-bond donors (Lipinski definition) is 0. The summed E-state index contributed by atoms with van der Waals surface area (Å²) in [5.74, 6) is 2.17. The number of aryl methyl sites for hydroxylation is 1. The topological polar surface area (TPSA) is 47.4 Å². The van der Waals surface area contributed by atoms with Gasteiger partial charge in [-0.25, -0.2) is 4.98 Å². The van der Waals surface area contributed by atoms with Crippen LogP contribution in [0.25, 0.3) is 0 Å². The van der Waals surface area contributed by atoms with Crippen molar-refractivity contribution in [3.63, 3.8) is 0 Å². The van der Waals surface area contributed by atoms with E-state index in [-0.39, 0.29) is 5.91 Å². The van der Waals surface area contributed by atoms with E-state index >= 15 is 0 Å². The monoisotopic (exact) mass is 305 g/mol. The Morgan fingerprint density at radius 3 is 2.64 bits per heavy atom. The molecular formula is C17H27N3O2. The summed E-state index contributed by atoms with van der Waals surface area (Å²) in [6, 6.07) is 0.504. The Labute approximate surface area is 132 Å². The quantitative estimate of drug-likeness (QED) is 0.840. The highest BCUT2D eigenvalue weighted by molar-refractivity contribution is 5.76. The van der Waals surface area contributed by atoms with Gasteiger partial charge >= 0.3 is 0 Å². The number of methoxy groups -OCH3 is 1. The van der Waals surface area contributed by atoms with Crippen LogP contribution in [0.15, 0.2) is 6.20 Å². The van der Waals surface area contributed by atoms with Crippen molar-refractivity contribution in [1.82, 2.24) is 14.5 Å². The molecule has 0 radical (unpaired) electrons. The summed E-state index contributed by atoms with van der Waals surface area (Å²) in [5.41, 5.74) is 1.27. The minimum Gasteiger partial charge on any atom is -0.384 e. The Bertz CT molecular complexity index is 514. The fourth-order valence-corrected chi connectivity index (χ4v) is 3.63. The number of hydrogen-bond acceptors (Lipinski definition) is 3. The minimum absolute atomic E-state index is 0.224. The zero-order valence-corrected chi connectivity index (χ0v) is 13.8. The van der Waals surface area contributed by atoms with Crippen LogP contribution in [-0.4, -0.2) is 47.2 Å². The number of likely N-dealkylation sites (tertiary alicyclic amines) is 1. The molecule has 1 aromatic rings. The first-order chi connectivity index (χ1) is 10.7. The highest BCUT2D eigenvalue weighted by Crippen LogP contribution is 2.38. The number of carbonyl (C=O) groups is 1. The molecule has 2 fully saturated rings. The van der Waals surface area contributed by atoms with Crippen molar-refractivity contribution < 1.29 is 9.53 Å². The van der Waals surface area contributed by atoms with Crippen molar-refractivity contribution in [2.24, 2.45) is 0 Å². The van der Waals surface area contributed by atoms with E-state index < -0.39 is 0 Å². The Morgan fingerprint density at radius 2 is 2.05 bits per heavy atom. The molecule has 2 aliphatic rings. The minimum atomic E-state index is 0.224. The molecule has 5 heteroatoms. The molecule has 0 aromatic carbocycles. The zero-order chi connectivity index (χ0) is 15.5. The van der Waals surface area contributed by atoms with E-state index in [4.69, 9.17) is 4.74 Å². The predicted octanol–water partition coefficient (Wildman–Crippen LogP) is 2.66. The van der Waals surface area contributed by atoms with Gasteiger partial charge in [0.25, 0.3) is 0 Å². The first kappa shape index (κ1) is 15.5. The van der Waals surface area contributed by atoms with Crippen molar-refractivity contribution >= 4 is 5.91 Å². The third kappa shape index (κ3) is 3.05. The SMILES string of the molecule is COCCC(=O)N1CCC(n2c(C)cnc2C2CCC2)CC1. The van der Waals surface area contributed by atoms with E-state index in [0.717, 1.165) is 25.9 Å². The molecule has 22 heavy (non-hydrogen) atoms. The summed E-state index contributed by atoms with van der Waals surface area (Å²) in [5, 5.41) is 0. The number of imidazole rings is 1. The van der Waals surface area contributed by atoms with Crippen LogP contribution in [0.1, 0.15) is 62.0 Å². The van der Waals surface area contributed by atoms with E-state index in [0.29, 0.717) is 25.0 Å². The smallest absolute Gasteiger partial charge is 0.224 e. The Hall–Kier alpha value is -1.36. The summed E-state index contributed by atoms with van der Waals surface area (Å²) in [7, 11) is 1.64. The van der Waals surface area contributed by atoms with Crippen molar-refractivity contribution in [1.29, 1.82) is 0 Å². The van der Waals surface area contributed by atoms with Crippen LogP contribution in [0.5, 0.6) is 0 Å². The summed E-state index contributed by atoms with van der Waals surface area (Å²) in [6.45, 7) is 4.39. The molecule has 0 unspecified atom stereocenters. The molecule has 1 aliphatic carbocycles. The Balaban J connectivity index is 1.62. The molecule has 1 aliphatic heterocycles. The largest absolute Gasteiger partial charge is 0.384 e. The van der Waals surface area contributed by atoms with Crippen molar-refractivity contribution in [2.75, 3.05) is 26.8 Å². The molecule has 1 saturated heterocycles. The molecule has 1 aromatic heterocycles. The van der Waals surface area contributed by atoms with E-state index in [1.165, 1.54) is 30.8 Å². The number of aromatic nitrogens is 2. The van der Waals surface area contributed by atoms with E-state index in [1.807, 2.05) is 11.1 Å². The van der Waals surface area contributed by atoms with E-state index in [9.17, 15) is 4.79 Å². The van der Waals surface area contributed by atoms with Gasteiger partial charge in [-0.15, -0.1) is 0 Å². The van der Waals surface area contributed by atoms with E-state index in [1.54, 1.807) is 7.11 Å². The first-order valence-corrected chi connectivity index (χ1v) is 8.51. The van der Waals surface area contributed by atoms with Gasteiger partial charge in [0.1, 0.15) is 5.82 Å². The maximum atomic E-state index is 12.1. The van der Waals surface area contributed by atoms with Gasteiger partial charge in [0, 0.05) is 44.0 Å². The molecule has 0 atom stereocenters. The standard InChI is InChI=1S/C17H27N3O2/c1-13-12-18-17(14-4-3-5-14)20(13)15-6-9-19(10-7-15)16(21)8-11-22-2/h12,14-15H,3-11H2,1-2H3. The third-order valence-electron chi connectivity index (χ3n) is 5.18. The van der Waals surface area contributed by atoms with Crippen LogP contribution >= 0.6 is 0 Å². The third-order valence-corrected chi connectivity index (χ3v) is 5.18. The van der Waals surface area contributed by atoms with Crippen molar-refractivity contribution in [3.05, 3.63) is 17.7 Å². The fourth-order valence-electron chi connectivity index (χ4n) is 3.63. The van der Waals surface area contributed by atoms with Gasteiger partial charge in [0.05, 0.1) is 13.0 Å². The second-order valence-electron chi connectivity index (χ2n) is 6.61. The Kier molecular flexibility index (Phi) is 4.81. The number of ether oxygens (including phenoxy) is 1. The lowest BCUT2D eigenvalue weighted by molar-refractivity contribution is -0.133. The molecule has 5 nitrogen and oxygen atoms in total. The lowest BCUT2D eigenvalue weighted by atomic mass is 9.84. The van der Waals surface area contributed by atoms with Crippen LogP contribution in [0.3, 0.4) is 0 Å². The lowest BCUT2D eigenvalue weighted by Gasteiger charge is -2.36. The normalized spacial score (nSPS) is 20.2. The van der Waals surface area contributed by atoms with Gasteiger partial charge in [0.2, 0.25) is 5.91 Å². The van der Waals surface area contributed by atoms with Crippen LogP contribution in [0, 0.1) is 6.92 Å². The second kappa shape index (κ2) is 6.82. The lowest BCUT2D eigenvalue weighted by Crippen LogP contribution is -2.40. The fraction of sp³-hybridized carbons (Fsp3) is 0.765. The van der Waals surface area contributed by atoms with Gasteiger partial charge in [-0.05, 0) is 32.6 Å². The van der Waals surface area contributed by atoms with Gasteiger partial charge < -0.3 is 14.2 Å². The highest BCUT2D eigenvalue weighted by Gasteiger charge is 2.30. The van der Waals surface area contributed by atoms with Gasteiger partial charge in [-0.1, -0.05) is 6.42 Å². The molecule has 122 valence electrons. The zero-order valence-electron chi connectivity index (χ0n) is 13.8. The molecule has 0 bridgehead atoms. The molecule has 0 spiro atoms.